The fourth-order valence-electron chi connectivity index (χ4n) is 3.15. The minimum absolute atomic E-state index is 0.0277. The normalized spacial score (nSPS) is 17.1. The van der Waals surface area contributed by atoms with Crippen molar-refractivity contribution in [1.82, 2.24) is 10.1 Å². The molecule has 0 saturated carbocycles. The SMILES string of the molecule is CCc1cc(C(=O)N2CCCC2c2ccc(OC)cc2OC)no1. The van der Waals surface area contributed by atoms with Gasteiger partial charge in [0.1, 0.15) is 17.3 Å². The molecule has 6 heteroatoms. The molecule has 1 unspecified atom stereocenters. The number of aromatic nitrogens is 1. The maximum Gasteiger partial charge on any atom is 0.276 e. The van der Waals surface area contributed by atoms with Gasteiger partial charge in [0.05, 0.1) is 20.3 Å². The fourth-order valence-corrected chi connectivity index (χ4v) is 3.15. The van der Waals surface area contributed by atoms with Crippen molar-refractivity contribution in [1.29, 1.82) is 0 Å². The second kappa shape index (κ2) is 6.95. The van der Waals surface area contributed by atoms with Crippen molar-refractivity contribution >= 4 is 5.91 Å². The monoisotopic (exact) mass is 330 g/mol. The number of likely N-dealkylation sites (tertiary alicyclic amines) is 1. The third-order valence-corrected chi connectivity index (χ3v) is 4.44. The third-order valence-electron chi connectivity index (χ3n) is 4.44. The Bertz CT molecular complexity index is 726. The van der Waals surface area contributed by atoms with E-state index in [-0.39, 0.29) is 11.9 Å². The molecule has 1 saturated heterocycles. The van der Waals surface area contributed by atoms with Crippen molar-refractivity contribution < 1.29 is 18.8 Å². The molecule has 1 aromatic heterocycles. The predicted molar refractivity (Wildman–Crippen MR) is 88.4 cm³/mol. The van der Waals surface area contributed by atoms with E-state index in [1.165, 1.54) is 0 Å². The predicted octanol–water partition coefficient (Wildman–Crippen LogP) is 3.23. The molecule has 0 aliphatic carbocycles. The van der Waals surface area contributed by atoms with Gasteiger partial charge in [-0.05, 0) is 25.0 Å². The van der Waals surface area contributed by atoms with Crippen LogP contribution < -0.4 is 9.47 Å². The van der Waals surface area contributed by atoms with E-state index in [4.69, 9.17) is 14.0 Å². The van der Waals surface area contributed by atoms with Gasteiger partial charge in [-0.3, -0.25) is 4.79 Å². The third kappa shape index (κ3) is 2.96. The highest BCUT2D eigenvalue weighted by Crippen LogP contribution is 2.39. The van der Waals surface area contributed by atoms with E-state index in [1.54, 1.807) is 20.3 Å². The highest BCUT2D eigenvalue weighted by atomic mass is 16.5. The summed E-state index contributed by atoms with van der Waals surface area (Å²) in [5, 5.41) is 3.91. The number of carbonyl (C=O) groups is 1. The molecule has 2 aromatic rings. The van der Waals surface area contributed by atoms with E-state index >= 15 is 0 Å². The molecule has 0 bridgehead atoms. The molecule has 1 fully saturated rings. The number of hydrogen-bond acceptors (Lipinski definition) is 5. The number of methoxy groups -OCH3 is 2. The van der Waals surface area contributed by atoms with E-state index in [0.29, 0.717) is 12.2 Å². The van der Waals surface area contributed by atoms with Crippen LogP contribution in [0.2, 0.25) is 0 Å². The van der Waals surface area contributed by atoms with Crippen LogP contribution in [0.25, 0.3) is 0 Å². The summed E-state index contributed by atoms with van der Waals surface area (Å²) >= 11 is 0. The van der Waals surface area contributed by atoms with Crippen LogP contribution in [0.15, 0.2) is 28.8 Å². The molecular formula is C18H22N2O4. The summed E-state index contributed by atoms with van der Waals surface area (Å²) in [5.74, 6) is 2.08. The zero-order chi connectivity index (χ0) is 17.1. The lowest BCUT2D eigenvalue weighted by Crippen LogP contribution is -2.31. The zero-order valence-corrected chi connectivity index (χ0v) is 14.2. The number of nitrogens with zero attached hydrogens (tertiary/aromatic N) is 2. The summed E-state index contributed by atoms with van der Waals surface area (Å²) in [7, 11) is 3.25. The minimum Gasteiger partial charge on any atom is -0.497 e. The molecule has 6 nitrogen and oxygen atoms in total. The van der Waals surface area contributed by atoms with Crippen molar-refractivity contribution in [3.63, 3.8) is 0 Å². The molecule has 0 spiro atoms. The summed E-state index contributed by atoms with van der Waals surface area (Å²) in [6.07, 6.45) is 2.56. The summed E-state index contributed by atoms with van der Waals surface area (Å²) in [6, 6.07) is 7.41. The Morgan fingerprint density at radius 1 is 1.33 bits per heavy atom. The van der Waals surface area contributed by atoms with Gasteiger partial charge < -0.3 is 18.9 Å². The Labute approximate surface area is 141 Å². The lowest BCUT2D eigenvalue weighted by atomic mass is 10.0. The maximum atomic E-state index is 12.8. The second-order valence-electron chi connectivity index (χ2n) is 5.80. The molecule has 24 heavy (non-hydrogen) atoms. The summed E-state index contributed by atoms with van der Waals surface area (Å²) < 4.78 is 15.9. The Morgan fingerprint density at radius 2 is 2.17 bits per heavy atom. The van der Waals surface area contributed by atoms with Gasteiger partial charge in [0, 0.05) is 30.7 Å². The number of hydrogen-bond donors (Lipinski definition) is 0. The van der Waals surface area contributed by atoms with Crippen LogP contribution in [0.1, 0.15) is 47.6 Å². The summed E-state index contributed by atoms with van der Waals surface area (Å²) in [5.41, 5.74) is 1.36. The van der Waals surface area contributed by atoms with Crippen LogP contribution in [0, 0.1) is 0 Å². The van der Waals surface area contributed by atoms with Crippen LogP contribution in [-0.4, -0.2) is 36.7 Å². The van der Waals surface area contributed by atoms with E-state index in [1.807, 2.05) is 30.0 Å². The fraction of sp³-hybridized carbons (Fsp3) is 0.444. The number of carbonyl (C=O) groups excluding carboxylic acids is 1. The molecule has 1 aliphatic rings. The van der Waals surface area contributed by atoms with Crippen LogP contribution in [0.5, 0.6) is 11.5 Å². The number of ether oxygens (including phenoxy) is 2. The first-order chi connectivity index (χ1) is 11.7. The van der Waals surface area contributed by atoms with Gasteiger partial charge in [0.2, 0.25) is 0 Å². The molecule has 1 aromatic carbocycles. The molecular weight excluding hydrogens is 308 g/mol. The standard InChI is InChI=1S/C18H22N2O4/c1-4-12-10-15(19-24-12)18(21)20-9-5-6-16(20)14-8-7-13(22-2)11-17(14)23-3/h7-8,10-11,16H,4-6,9H2,1-3H3. The topological polar surface area (TPSA) is 64.8 Å². The number of aryl methyl sites for hydroxylation is 1. The molecule has 128 valence electrons. The van der Waals surface area contributed by atoms with E-state index in [2.05, 4.69) is 5.16 Å². The van der Waals surface area contributed by atoms with Gasteiger partial charge in [-0.25, -0.2) is 0 Å². The van der Waals surface area contributed by atoms with Crippen LogP contribution in [0.3, 0.4) is 0 Å². The first-order valence-electron chi connectivity index (χ1n) is 8.16. The largest absolute Gasteiger partial charge is 0.497 e. The lowest BCUT2D eigenvalue weighted by Gasteiger charge is -2.25. The van der Waals surface area contributed by atoms with Gasteiger partial charge in [-0.15, -0.1) is 0 Å². The van der Waals surface area contributed by atoms with Gasteiger partial charge in [-0.2, -0.15) is 0 Å². The molecule has 1 aliphatic heterocycles. The van der Waals surface area contributed by atoms with E-state index < -0.39 is 0 Å². The van der Waals surface area contributed by atoms with Crippen LogP contribution >= 0.6 is 0 Å². The van der Waals surface area contributed by atoms with Crippen molar-refractivity contribution in [2.24, 2.45) is 0 Å². The summed E-state index contributed by atoms with van der Waals surface area (Å²) in [6.45, 7) is 2.67. The number of amides is 1. The van der Waals surface area contributed by atoms with Gasteiger partial charge in [-0.1, -0.05) is 12.1 Å². The Balaban J connectivity index is 1.89. The van der Waals surface area contributed by atoms with Gasteiger partial charge in [0.15, 0.2) is 5.69 Å². The van der Waals surface area contributed by atoms with Gasteiger partial charge in [0.25, 0.3) is 5.91 Å². The van der Waals surface area contributed by atoms with Crippen molar-refractivity contribution in [2.45, 2.75) is 32.2 Å². The molecule has 1 amide bonds. The van der Waals surface area contributed by atoms with E-state index in [0.717, 1.165) is 42.1 Å². The van der Waals surface area contributed by atoms with Crippen molar-refractivity contribution in [3.8, 4) is 11.5 Å². The van der Waals surface area contributed by atoms with Crippen LogP contribution in [-0.2, 0) is 6.42 Å². The molecule has 0 radical (unpaired) electrons. The highest BCUT2D eigenvalue weighted by Gasteiger charge is 2.33. The zero-order valence-electron chi connectivity index (χ0n) is 14.2. The molecule has 3 rings (SSSR count). The van der Waals surface area contributed by atoms with Gasteiger partial charge >= 0.3 is 0 Å². The van der Waals surface area contributed by atoms with Crippen molar-refractivity contribution in [2.75, 3.05) is 20.8 Å². The molecule has 0 N–H and O–H groups in total. The molecule has 2 heterocycles. The maximum absolute atomic E-state index is 12.8. The quantitative estimate of drug-likeness (QED) is 0.842. The van der Waals surface area contributed by atoms with E-state index in [9.17, 15) is 4.79 Å². The smallest absolute Gasteiger partial charge is 0.276 e. The summed E-state index contributed by atoms with van der Waals surface area (Å²) in [4.78, 5) is 14.7. The molecule has 1 atom stereocenters. The number of rotatable bonds is 5. The minimum atomic E-state index is -0.0983. The highest BCUT2D eigenvalue weighted by molar-refractivity contribution is 5.92. The van der Waals surface area contributed by atoms with Crippen molar-refractivity contribution in [3.05, 3.63) is 41.3 Å². The Kier molecular flexibility index (Phi) is 4.74. The lowest BCUT2D eigenvalue weighted by molar-refractivity contribution is 0.0723. The first kappa shape index (κ1) is 16.4. The first-order valence-corrected chi connectivity index (χ1v) is 8.16. The average molecular weight is 330 g/mol. The number of benzene rings is 1. The Hall–Kier alpha value is -2.50. The average Bonchev–Trinajstić information content (AvgIpc) is 3.29. The Morgan fingerprint density at radius 3 is 2.83 bits per heavy atom. The second-order valence-corrected chi connectivity index (χ2v) is 5.80. The van der Waals surface area contributed by atoms with Crippen LogP contribution in [0.4, 0.5) is 0 Å².